The summed E-state index contributed by atoms with van der Waals surface area (Å²) in [7, 11) is -0.970. The van der Waals surface area contributed by atoms with Crippen molar-refractivity contribution in [2.24, 2.45) is 0 Å². The first-order chi connectivity index (χ1) is 17.5. The van der Waals surface area contributed by atoms with E-state index in [0.717, 1.165) is 4.31 Å². The molecule has 0 radical (unpaired) electrons. The highest BCUT2D eigenvalue weighted by molar-refractivity contribution is 7.92. The Morgan fingerprint density at radius 1 is 1.22 bits per heavy atom. The molecule has 11 nitrogen and oxygen atoms in total. The molecule has 2 aromatic carbocycles. The SMILES string of the molecule is CN(C)C(=O)c1c(F)cccc1OCCCCNC(=O)CCc1ccc(N2CC(=O)NS2(=O)=O)c(O)c1. The van der Waals surface area contributed by atoms with Crippen LogP contribution < -0.4 is 19.1 Å². The lowest BCUT2D eigenvalue weighted by Gasteiger charge is -2.16. The smallest absolute Gasteiger partial charge is 0.326 e. The van der Waals surface area contributed by atoms with Crippen LogP contribution in [0.4, 0.5) is 10.1 Å². The standard InChI is InChI=1S/C24H29FN4O7S/c1-28(2)24(33)23-17(25)6-5-7-20(23)36-13-4-3-12-26-21(31)11-9-16-8-10-18(19(30)14-16)29-15-22(32)27-37(29,34)35/h5-8,10,14,30H,3-4,9,11-13,15H2,1-2H3,(H,26,31)(H,27,32). The molecule has 1 heterocycles. The number of unbranched alkanes of at least 4 members (excludes halogenated alkanes) is 1. The number of amides is 3. The molecule has 0 saturated carbocycles. The molecule has 0 spiro atoms. The summed E-state index contributed by atoms with van der Waals surface area (Å²) in [6.45, 7) is 0.222. The molecule has 2 aromatic rings. The number of nitrogens with one attached hydrogen (secondary N) is 2. The Hall–Kier alpha value is -3.87. The minimum absolute atomic E-state index is 0.0230. The second-order valence-electron chi connectivity index (χ2n) is 8.58. The maximum atomic E-state index is 14.1. The number of nitrogens with zero attached hydrogens (tertiary/aromatic N) is 2. The number of anilines is 1. The Morgan fingerprint density at radius 3 is 2.62 bits per heavy atom. The molecule has 13 heteroatoms. The van der Waals surface area contributed by atoms with E-state index in [1.807, 2.05) is 4.72 Å². The number of aromatic hydroxyl groups is 1. The fraction of sp³-hybridized carbons (Fsp3) is 0.375. The van der Waals surface area contributed by atoms with E-state index in [-0.39, 0.29) is 41.7 Å². The molecule has 0 unspecified atom stereocenters. The van der Waals surface area contributed by atoms with Crippen molar-refractivity contribution in [2.45, 2.75) is 25.7 Å². The molecule has 0 aromatic heterocycles. The number of carbonyl (C=O) groups is 3. The molecule has 3 N–H and O–H groups in total. The van der Waals surface area contributed by atoms with Crippen molar-refractivity contribution in [3.05, 3.63) is 53.3 Å². The molecule has 37 heavy (non-hydrogen) atoms. The van der Waals surface area contributed by atoms with Gasteiger partial charge in [-0.3, -0.25) is 14.4 Å². The first-order valence-electron chi connectivity index (χ1n) is 11.5. The van der Waals surface area contributed by atoms with Crippen molar-refractivity contribution in [3.8, 4) is 11.5 Å². The van der Waals surface area contributed by atoms with Gasteiger partial charge in [0.25, 0.3) is 11.8 Å². The van der Waals surface area contributed by atoms with Crippen molar-refractivity contribution in [2.75, 3.05) is 38.1 Å². The van der Waals surface area contributed by atoms with E-state index < -0.39 is 34.4 Å². The van der Waals surface area contributed by atoms with Crippen molar-refractivity contribution in [3.63, 3.8) is 0 Å². The van der Waals surface area contributed by atoms with E-state index in [1.54, 1.807) is 6.07 Å². The molecule has 1 aliphatic heterocycles. The predicted molar refractivity (Wildman–Crippen MR) is 133 cm³/mol. The van der Waals surface area contributed by atoms with E-state index in [9.17, 15) is 32.3 Å². The summed E-state index contributed by atoms with van der Waals surface area (Å²) in [4.78, 5) is 37.0. The highest BCUT2D eigenvalue weighted by Gasteiger charge is 2.35. The first kappa shape index (κ1) is 27.7. The number of hydrogen-bond acceptors (Lipinski definition) is 7. The van der Waals surface area contributed by atoms with E-state index in [4.69, 9.17) is 4.74 Å². The molecule has 1 aliphatic rings. The molecule has 0 aliphatic carbocycles. The molecule has 0 bridgehead atoms. The van der Waals surface area contributed by atoms with Crippen molar-refractivity contribution >= 4 is 33.6 Å². The van der Waals surface area contributed by atoms with Crippen molar-refractivity contribution < 1.29 is 37.0 Å². The van der Waals surface area contributed by atoms with Gasteiger partial charge >= 0.3 is 10.2 Å². The second-order valence-corrected chi connectivity index (χ2v) is 10.2. The summed E-state index contributed by atoms with van der Waals surface area (Å²) in [5.41, 5.74) is 0.483. The number of benzene rings is 2. The molecule has 1 saturated heterocycles. The van der Waals surface area contributed by atoms with E-state index in [2.05, 4.69) is 5.32 Å². The van der Waals surface area contributed by atoms with Crippen LogP contribution in [0.25, 0.3) is 0 Å². The fourth-order valence-electron chi connectivity index (χ4n) is 3.64. The summed E-state index contributed by atoms with van der Waals surface area (Å²) >= 11 is 0. The zero-order chi connectivity index (χ0) is 27.2. The fourth-order valence-corrected chi connectivity index (χ4v) is 4.80. The zero-order valence-electron chi connectivity index (χ0n) is 20.5. The number of halogens is 1. The summed E-state index contributed by atoms with van der Waals surface area (Å²) < 4.78 is 46.2. The van der Waals surface area contributed by atoms with Crippen LogP contribution in [0.2, 0.25) is 0 Å². The summed E-state index contributed by atoms with van der Waals surface area (Å²) in [5, 5.41) is 13.0. The van der Waals surface area contributed by atoms with Gasteiger partial charge in [0.05, 0.1) is 12.3 Å². The van der Waals surface area contributed by atoms with E-state index in [1.165, 1.54) is 49.3 Å². The van der Waals surface area contributed by atoms with E-state index >= 15 is 0 Å². The van der Waals surface area contributed by atoms with Gasteiger partial charge in [0.2, 0.25) is 5.91 Å². The highest BCUT2D eigenvalue weighted by Crippen LogP contribution is 2.31. The van der Waals surface area contributed by atoms with Crippen LogP contribution in [-0.2, 0) is 26.2 Å². The van der Waals surface area contributed by atoms with Crippen LogP contribution in [-0.4, -0.2) is 69.9 Å². The zero-order valence-corrected chi connectivity index (χ0v) is 21.3. The van der Waals surface area contributed by atoms with Crippen LogP contribution in [0.1, 0.15) is 35.2 Å². The van der Waals surface area contributed by atoms with Crippen LogP contribution >= 0.6 is 0 Å². The molecular weight excluding hydrogens is 507 g/mol. The highest BCUT2D eigenvalue weighted by atomic mass is 32.2. The van der Waals surface area contributed by atoms with Crippen molar-refractivity contribution in [1.29, 1.82) is 0 Å². The number of carbonyl (C=O) groups excluding carboxylic acids is 3. The van der Waals surface area contributed by atoms with Gasteiger partial charge in [0, 0.05) is 27.1 Å². The Labute approximate surface area is 214 Å². The van der Waals surface area contributed by atoms with Gasteiger partial charge in [0.15, 0.2) is 0 Å². The van der Waals surface area contributed by atoms with Gasteiger partial charge in [-0.25, -0.2) is 13.4 Å². The quantitative estimate of drug-likeness (QED) is 0.367. The number of ether oxygens (including phenoxy) is 1. The molecule has 3 amide bonds. The Bertz CT molecular complexity index is 1280. The van der Waals surface area contributed by atoms with Crippen LogP contribution in [0.5, 0.6) is 11.5 Å². The lowest BCUT2D eigenvalue weighted by Crippen LogP contribution is -2.29. The number of phenols is 1. The lowest BCUT2D eigenvalue weighted by atomic mass is 10.1. The summed E-state index contributed by atoms with van der Waals surface area (Å²) in [5.74, 6) is -2.18. The van der Waals surface area contributed by atoms with Gasteiger partial charge in [-0.15, -0.1) is 0 Å². The lowest BCUT2D eigenvalue weighted by molar-refractivity contribution is -0.121. The maximum Gasteiger partial charge on any atom is 0.326 e. The third-order valence-corrected chi connectivity index (χ3v) is 6.91. The average Bonchev–Trinajstić information content (AvgIpc) is 3.11. The number of aryl methyl sites for hydroxylation is 1. The minimum Gasteiger partial charge on any atom is -0.506 e. The Kier molecular flexibility index (Phi) is 8.92. The number of phenolic OH excluding ortho intramolecular Hbond substituents is 1. The predicted octanol–water partition coefficient (Wildman–Crippen LogP) is 1.32. The maximum absolute atomic E-state index is 14.1. The van der Waals surface area contributed by atoms with Crippen LogP contribution in [0.3, 0.4) is 0 Å². The van der Waals surface area contributed by atoms with Gasteiger partial charge in [-0.05, 0) is 49.1 Å². The van der Waals surface area contributed by atoms with Crippen LogP contribution in [0, 0.1) is 5.82 Å². The molecular formula is C24H29FN4O7S. The molecule has 200 valence electrons. The Morgan fingerprint density at radius 2 is 1.97 bits per heavy atom. The first-order valence-corrected chi connectivity index (χ1v) is 13.0. The van der Waals surface area contributed by atoms with Crippen LogP contribution in [0.15, 0.2) is 36.4 Å². The summed E-state index contributed by atoms with van der Waals surface area (Å²) in [6, 6.07) is 8.53. The van der Waals surface area contributed by atoms with Gasteiger partial charge in [0.1, 0.15) is 29.4 Å². The molecule has 0 atom stereocenters. The van der Waals surface area contributed by atoms with Gasteiger partial charge < -0.3 is 20.1 Å². The van der Waals surface area contributed by atoms with Gasteiger partial charge in [-0.2, -0.15) is 8.42 Å². The third kappa shape index (κ3) is 7.09. The molecule has 1 fully saturated rings. The number of rotatable bonds is 11. The second kappa shape index (κ2) is 11.9. The minimum atomic E-state index is -4.03. The largest absolute Gasteiger partial charge is 0.506 e. The normalized spacial score (nSPS) is 14.2. The number of hydrogen-bond donors (Lipinski definition) is 3. The average molecular weight is 537 g/mol. The Balaban J connectivity index is 1.39. The monoisotopic (exact) mass is 536 g/mol. The molecule has 3 rings (SSSR count). The van der Waals surface area contributed by atoms with Gasteiger partial charge in [-0.1, -0.05) is 12.1 Å². The summed E-state index contributed by atoms with van der Waals surface area (Å²) in [6.07, 6.45) is 1.63. The third-order valence-electron chi connectivity index (χ3n) is 5.52. The van der Waals surface area contributed by atoms with E-state index in [0.29, 0.717) is 31.4 Å². The topological polar surface area (TPSA) is 145 Å². The van der Waals surface area contributed by atoms with Crippen molar-refractivity contribution in [1.82, 2.24) is 14.9 Å².